The van der Waals surface area contributed by atoms with Crippen LogP contribution in [0.15, 0.2) is 30.6 Å². The van der Waals surface area contributed by atoms with Crippen LogP contribution in [0, 0.1) is 6.07 Å². The number of aryl methyl sites for hydroxylation is 1. The Hall–Kier alpha value is -1.81. The lowest BCUT2D eigenvalue weighted by Gasteiger charge is -2.10. The van der Waals surface area contributed by atoms with Crippen LogP contribution in [0.1, 0.15) is 6.42 Å². The van der Waals surface area contributed by atoms with E-state index in [1.807, 2.05) is 37.6 Å². The fraction of sp³-hybridized carbons (Fsp3) is 0.400. The van der Waals surface area contributed by atoms with Gasteiger partial charge < -0.3 is 9.64 Å². The summed E-state index contributed by atoms with van der Waals surface area (Å²) in [6, 6.07) is 8.96. The summed E-state index contributed by atoms with van der Waals surface area (Å²) in [7, 11) is 6.04. The number of rotatable bonds is 6. The molecular weight excluding hydrogens is 238 g/mol. The van der Waals surface area contributed by atoms with E-state index in [0.29, 0.717) is 0 Å². The summed E-state index contributed by atoms with van der Waals surface area (Å²) < 4.78 is 7.53. The Morgan fingerprint density at radius 2 is 2.16 bits per heavy atom. The number of hydrogen-bond acceptors (Lipinski definition) is 3. The van der Waals surface area contributed by atoms with Crippen molar-refractivity contribution in [2.24, 2.45) is 7.05 Å². The monoisotopic (exact) mass is 258 g/mol. The standard InChI is InChI=1S/C15H20N3O/c1-17(2)8-5-9-19-15-7-4-6-13(10-15)14-11-16-18(3)12-14/h6-7,10-12H,5,8-9H2,1-3H3. The minimum absolute atomic E-state index is 0.725. The van der Waals surface area contributed by atoms with E-state index in [1.165, 1.54) is 0 Å². The van der Waals surface area contributed by atoms with Gasteiger partial charge in [0.25, 0.3) is 0 Å². The summed E-state index contributed by atoms with van der Waals surface area (Å²) in [5.74, 6) is 0.861. The fourth-order valence-electron chi connectivity index (χ4n) is 1.84. The number of ether oxygens (including phenoxy) is 1. The van der Waals surface area contributed by atoms with Crippen molar-refractivity contribution < 1.29 is 4.74 Å². The van der Waals surface area contributed by atoms with Crippen molar-refractivity contribution in [3.05, 3.63) is 36.7 Å². The molecule has 0 N–H and O–H groups in total. The van der Waals surface area contributed by atoms with Crippen molar-refractivity contribution in [2.75, 3.05) is 27.2 Å². The second kappa shape index (κ2) is 6.38. The lowest BCUT2D eigenvalue weighted by Crippen LogP contribution is -2.15. The smallest absolute Gasteiger partial charge is 0.120 e. The first-order valence-corrected chi connectivity index (χ1v) is 6.43. The van der Waals surface area contributed by atoms with Crippen LogP contribution in [0.25, 0.3) is 11.1 Å². The van der Waals surface area contributed by atoms with Gasteiger partial charge >= 0.3 is 0 Å². The predicted molar refractivity (Wildman–Crippen MR) is 76.1 cm³/mol. The first-order chi connectivity index (χ1) is 9.15. The molecule has 4 nitrogen and oxygen atoms in total. The van der Waals surface area contributed by atoms with Gasteiger partial charge in [-0.3, -0.25) is 4.68 Å². The van der Waals surface area contributed by atoms with E-state index < -0.39 is 0 Å². The zero-order valence-electron chi connectivity index (χ0n) is 11.8. The van der Waals surface area contributed by atoms with Crippen LogP contribution in [0.3, 0.4) is 0 Å². The molecule has 0 saturated heterocycles. The average molecular weight is 258 g/mol. The van der Waals surface area contributed by atoms with E-state index in [0.717, 1.165) is 36.4 Å². The Labute approximate surface area is 114 Å². The van der Waals surface area contributed by atoms with Gasteiger partial charge in [0, 0.05) is 25.4 Å². The number of hydrogen-bond donors (Lipinski definition) is 0. The average Bonchev–Trinajstić information content (AvgIpc) is 2.82. The minimum Gasteiger partial charge on any atom is -0.494 e. The van der Waals surface area contributed by atoms with Crippen LogP contribution in [0.5, 0.6) is 5.75 Å². The maximum atomic E-state index is 5.74. The molecule has 19 heavy (non-hydrogen) atoms. The molecule has 1 heterocycles. The predicted octanol–water partition coefficient (Wildman–Crippen LogP) is 2.22. The zero-order chi connectivity index (χ0) is 13.7. The summed E-state index contributed by atoms with van der Waals surface area (Å²) in [6.07, 6.45) is 4.85. The highest BCUT2D eigenvalue weighted by atomic mass is 16.5. The first-order valence-electron chi connectivity index (χ1n) is 6.43. The third-order valence-electron chi connectivity index (χ3n) is 2.82. The summed E-state index contributed by atoms with van der Waals surface area (Å²) in [5, 5.41) is 4.17. The molecule has 0 atom stereocenters. The lowest BCUT2D eigenvalue weighted by molar-refractivity contribution is 0.281. The van der Waals surface area contributed by atoms with Crippen molar-refractivity contribution in [1.29, 1.82) is 0 Å². The maximum Gasteiger partial charge on any atom is 0.120 e. The second-order valence-electron chi connectivity index (χ2n) is 4.87. The third-order valence-corrected chi connectivity index (χ3v) is 2.82. The van der Waals surface area contributed by atoms with Gasteiger partial charge in [-0.15, -0.1) is 0 Å². The van der Waals surface area contributed by atoms with E-state index in [4.69, 9.17) is 4.74 Å². The van der Waals surface area contributed by atoms with Crippen LogP contribution >= 0.6 is 0 Å². The highest BCUT2D eigenvalue weighted by Crippen LogP contribution is 2.22. The zero-order valence-corrected chi connectivity index (χ0v) is 11.8. The highest BCUT2D eigenvalue weighted by molar-refractivity contribution is 5.63. The molecule has 0 spiro atoms. The summed E-state index contributed by atoms with van der Waals surface area (Å²) in [4.78, 5) is 2.15. The van der Waals surface area contributed by atoms with Gasteiger partial charge in [0.05, 0.1) is 12.8 Å². The van der Waals surface area contributed by atoms with Crippen molar-refractivity contribution in [1.82, 2.24) is 14.7 Å². The van der Waals surface area contributed by atoms with Gasteiger partial charge in [0.2, 0.25) is 0 Å². The molecule has 2 rings (SSSR count). The summed E-state index contributed by atoms with van der Waals surface area (Å²) >= 11 is 0. The Morgan fingerprint density at radius 1 is 1.32 bits per heavy atom. The van der Waals surface area contributed by atoms with Gasteiger partial charge in [0.15, 0.2) is 0 Å². The van der Waals surface area contributed by atoms with Crippen molar-refractivity contribution in [3.8, 4) is 16.9 Å². The molecule has 0 aliphatic carbocycles. The molecule has 4 heteroatoms. The van der Waals surface area contributed by atoms with E-state index in [-0.39, 0.29) is 0 Å². The van der Waals surface area contributed by atoms with Crippen LogP contribution < -0.4 is 4.74 Å². The van der Waals surface area contributed by atoms with E-state index in [2.05, 4.69) is 30.2 Å². The van der Waals surface area contributed by atoms with E-state index in [1.54, 1.807) is 4.68 Å². The maximum absolute atomic E-state index is 5.74. The molecule has 0 fully saturated rings. The van der Waals surface area contributed by atoms with Gasteiger partial charge in [-0.05, 0) is 50.3 Å². The Kier molecular flexibility index (Phi) is 4.58. The molecule has 101 valence electrons. The fourth-order valence-corrected chi connectivity index (χ4v) is 1.84. The Morgan fingerprint density at radius 3 is 2.84 bits per heavy atom. The van der Waals surface area contributed by atoms with Gasteiger partial charge in [0.1, 0.15) is 5.75 Å². The summed E-state index contributed by atoms with van der Waals surface area (Å²) in [6.45, 7) is 1.76. The number of aromatic nitrogens is 2. The Balaban J connectivity index is 1.96. The SMILES string of the molecule is CN(C)CCCOc1c[c]cc(-c2cnn(C)c2)c1. The van der Waals surface area contributed by atoms with Crippen molar-refractivity contribution in [2.45, 2.75) is 6.42 Å². The molecule has 1 radical (unpaired) electrons. The molecule has 0 aliphatic rings. The topological polar surface area (TPSA) is 30.3 Å². The van der Waals surface area contributed by atoms with Crippen LogP contribution in [-0.4, -0.2) is 41.9 Å². The third kappa shape index (κ3) is 4.10. The van der Waals surface area contributed by atoms with Gasteiger partial charge in [-0.1, -0.05) is 0 Å². The molecular formula is C15H20N3O. The lowest BCUT2D eigenvalue weighted by atomic mass is 10.1. The molecule has 0 bridgehead atoms. The van der Waals surface area contributed by atoms with E-state index >= 15 is 0 Å². The largest absolute Gasteiger partial charge is 0.494 e. The molecule has 1 aromatic heterocycles. The molecule has 0 unspecified atom stereocenters. The van der Waals surface area contributed by atoms with Crippen LogP contribution in [-0.2, 0) is 7.05 Å². The second-order valence-corrected chi connectivity index (χ2v) is 4.87. The first kappa shape index (κ1) is 13.6. The van der Waals surface area contributed by atoms with E-state index in [9.17, 15) is 0 Å². The van der Waals surface area contributed by atoms with Crippen molar-refractivity contribution >= 4 is 0 Å². The molecule has 2 aromatic rings. The molecule has 1 aromatic carbocycles. The Bertz CT molecular complexity index is 520. The van der Waals surface area contributed by atoms with Crippen LogP contribution in [0.2, 0.25) is 0 Å². The number of benzene rings is 1. The van der Waals surface area contributed by atoms with Gasteiger partial charge in [-0.2, -0.15) is 5.10 Å². The molecule has 0 amide bonds. The highest BCUT2D eigenvalue weighted by Gasteiger charge is 2.02. The van der Waals surface area contributed by atoms with Gasteiger partial charge in [-0.25, -0.2) is 0 Å². The molecule has 0 saturated carbocycles. The molecule has 0 aliphatic heterocycles. The summed E-state index contributed by atoms with van der Waals surface area (Å²) in [5.41, 5.74) is 2.16. The van der Waals surface area contributed by atoms with Crippen molar-refractivity contribution in [3.63, 3.8) is 0 Å². The normalized spacial score (nSPS) is 10.9. The number of nitrogens with zero attached hydrogens (tertiary/aromatic N) is 3. The minimum atomic E-state index is 0.725. The van der Waals surface area contributed by atoms with Crippen LogP contribution in [0.4, 0.5) is 0 Å². The quantitative estimate of drug-likeness (QED) is 0.744.